The summed E-state index contributed by atoms with van der Waals surface area (Å²) in [5.74, 6) is 0.538. The average molecular weight is 424 g/mol. The van der Waals surface area contributed by atoms with E-state index in [4.69, 9.17) is 0 Å². The highest BCUT2D eigenvalue weighted by Crippen LogP contribution is 2.39. The van der Waals surface area contributed by atoms with Gasteiger partial charge in [0.25, 0.3) is 0 Å². The van der Waals surface area contributed by atoms with E-state index in [1.165, 1.54) is 34.3 Å². The Bertz CT molecular complexity index is 576. The molecule has 1 unspecified atom stereocenters. The first-order chi connectivity index (χ1) is 10.7. The van der Waals surface area contributed by atoms with Gasteiger partial charge in [0.1, 0.15) is 0 Å². The molecular formula is C20H26IP. The first kappa shape index (κ1) is 17.9. The molecule has 2 heteroatoms. The molecule has 0 aliphatic heterocycles. The Balaban J connectivity index is 2.53. The molecule has 0 spiro atoms. The third-order valence-electron chi connectivity index (χ3n) is 4.26. The quantitative estimate of drug-likeness (QED) is 0.286. The summed E-state index contributed by atoms with van der Waals surface area (Å²) in [6, 6.07) is 18.2. The molecule has 2 aromatic carbocycles. The zero-order valence-electron chi connectivity index (χ0n) is 13.8. The van der Waals surface area contributed by atoms with Crippen molar-refractivity contribution in [3.63, 3.8) is 0 Å². The maximum Gasteiger partial charge on any atom is 0.0103 e. The van der Waals surface area contributed by atoms with E-state index >= 15 is 0 Å². The van der Waals surface area contributed by atoms with Crippen molar-refractivity contribution in [1.29, 1.82) is 0 Å². The largest absolute Gasteiger partial charge is 0.0863 e. The highest BCUT2D eigenvalue weighted by atomic mass is 127. The summed E-state index contributed by atoms with van der Waals surface area (Å²) in [4.78, 5) is 0. The van der Waals surface area contributed by atoms with Crippen LogP contribution >= 0.6 is 30.5 Å². The van der Waals surface area contributed by atoms with Gasteiger partial charge >= 0.3 is 0 Å². The summed E-state index contributed by atoms with van der Waals surface area (Å²) in [5, 5.41) is 1.63. The van der Waals surface area contributed by atoms with Gasteiger partial charge in [0.15, 0.2) is 0 Å². The Kier molecular flexibility index (Phi) is 7.37. The minimum Gasteiger partial charge on any atom is -0.0863 e. The lowest BCUT2D eigenvalue weighted by Gasteiger charge is -2.25. The SMILES string of the molecule is CCP(CC)c1ccc(C)cc1C(CCI)c1ccccc1. The van der Waals surface area contributed by atoms with E-state index in [0.29, 0.717) is 5.92 Å². The van der Waals surface area contributed by atoms with E-state index in [2.05, 4.69) is 91.9 Å². The minimum atomic E-state index is -0.0205. The predicted molar refractivity (Wildman–Crippen MR) is 111 cm³/mol. The number of hydrogen-bond acceptors (Lipinski definition) is 0. The molecule has 2 aromatic rings. The van der Waals surface area contributed by atoms with E-state index in [1.54, 1.807) is 10.9 Å². The van der Waals surface area contributed by atoms with Crippen LogP contribution in [0.5, 0.6) is 0 Å². The molecule has 0 bridgehead atoms. The van der Waals surface area contributed by atoms with Gasteiger partial charge in [-0.25, -0.2) is 0 Å². The summed E-state index contributed by atoms with van der Waals surface area (Å²) in [6.07, 6.45) is 3.79. The first-order valence-electron chi connectivity index (χ1n) is 8.17. The lowest BCUT2D eigenvalue weighted by atomic mass is 9.88. The molecule has 0 radical (unpaired) electrons. The normalized spacial score (nSPS) is 12.6. The summed E-state index contributed by atoms with van der Waals surface area (Å²) < 4.78 is 1.20. The maximum atomic E-state index is 2.52. The Labute approximate surface area is 150 Å². The maximum absolute atomic E-state index is 2.52. The van der Waals surface area contributed by atoms with E-state index in [0.717, 1.165) is 0 Å². The molecule has 0 aliphatic carbocycles. The highest BCUT2D eigenvalue weighted by molar-refractivity contribution is 14.1. The molecule has 118 valence electrons. The molecule has 0 aliphatic rings. The number of hydrogen-bond donors (Lipinski definition) is 0. The van der Waals surface area contributed by atoms with Crippen LogP contribution in [0.25, 0.3) is 0 Å². The third kappa shape index (κ3) is 4.32. The Morgan fingerprint density at radius 3 is 2.27 bits per heavy atom. The van der Waals surface area contributed by atoms with Crippen molar-refractivity contribution in [1.82, 2.24) is 0 Å². The summed E-state index contributed by atoms with van der Waals surface area (Å²) >= 11 is 2.52. The van der Waals surface area contributed by atoms with Crippen LogP contribution in [0.15, 0.2) is 48.5 Å². The summed E-state index contributed by atoms with van der Waals surface area (Å²) in [6.45, 7) is 6.91. The molecule has 0 amide bonds. The second-order valence-electron chi connectivity index (χ2n) is 5.68. The van der Waals surface area contributed by atoms with Gasteiger partial charge in [0.2, 0.25) is 0 Å². The fourth-order valence-electron chi connectivity index (χ4n) is 3.10. The second kappa shape index (κ2) is 9.03. The standard InChI is InChI=1S/C20H26IP/c1-4-22(5-2)20-12-11-16(3)15-19(20)18(13-14-21)17-9-7-6-8-10-17/h6-12,15,18H,4-5,13-14H2,1-3H3. The van der Waals surface area contributed by atoms with E-state index in [1.807, 2.05) is 0 Å². The number of halogens is 1. The van der Waals surface area contributed by atoms with Crippen LogP contribution in [0, 0.1) is 6.92 Å². The molecule has 0 N–H and O–H groups in total. The third-order valence-corrected chi connectivity index (χ3v) is 7.50. The van der Waals surface area contributed by atoms with Gasteiger partial charge in [-0.15, -0.1) is 0 Å². The zero-order valence-corrected chi connectivity index (χ0v) is 16.9. The number of rotatable bonds is 7. The summed E-state index contributed by atoms with van der Waals surface area (Å²) in [7, 11) is -0.0205. The van der Waals surface area contributed by atoms with Crippen LogP contribution in [0.1, 0.15) is 42.9 Å². The molecule has 0 saturated heterocycles. The number of aryl methyl sites for hydroxylation is 1. The van der Waals surface area contributed by atoms with Gasteiger partial charge in [-0.1, -0.05) is 98.5 Å². The monoisotopic (exact) mass is 424 g/mol. The van der Waals surface area contributed by atoms with Gasteiger partial charge < -0.3 is 0 Å². The van der Waals surface area contributed by atoms with Crippen molar-refractivity contribution in [2.45, 2.75) is 33.1 Å². The Hall–Kier alpha value is -0.400. The lowest BCUT2D eigenvalue weighted by Crippen LogP contribution is -2.16. The van der Waals surface area contributed by atoms with Crippen molar-refractivity contribution in [2.75, 3.05) is 16.8 Å². The molecule has 0 aromatic heterocycles. The smallest absolute Gasteiger partial charge is 0.0103 e. The van der Waals surface area contributed by atoms with Crippen molar-refractivity contribution < 1.29 is 0 Å². The van der Waals surface area contributed by atoms with Crippen LogP contribution in [-0.4, -0.2) is 16.8 Å². The number of alkyl halides is 1. The van der Waals surface area contributed by atoms with Crippen LogP contribution < -0.4 is 5.30 Å². The van der Waals surface area contributed by atoms with Crippen LogP contribution in [0.4, 0.5) is 0 Å². The second-order valence-corrected chi connectivity index (χ2v) is 9.58. The molecule has 0 nitrogen and oxygen atoms in total. The summed E-state index contributed by atoms with van der Waals surface area (Å²) in [5.41, 5.74) is 4.43. The Morgan fingerprint density at radius 2 is 1.68 bits per heavy atom. The average Bonchev–Trinajstić information content (AvgIpc) is 2.56. The van der Waals surface area contributed by atoms with Crippen LogP contribution in [0.3, 0.4) is 0 Å². The fraction of sp³-hybridized carbons (Fsp3) is 0.400. The van der Waals surface area contributed by atoms with E-state index < -0.39 is 0 Å². The Morgan fingerprint density at radius 1 is 1.00 bits per heavy atom. The van der Waals surface area contributed by atoms with Gasteiger partial charge in [-0.3, -0.25) is 0 Å². The van der Waals surface area contributed by atoms with Gasteiger partial charge in [-0.05, 0) is 42.1 Å². The molecule has 22 heavy (non-hydrogen) atoms. The topological polar surface area (TPSA) is 0 Å². The predicted octanol–water partition coefficient (Wildman–Crippen LogP) is 6.10. The van der Waals surface area contributed by atoms with Crippen molar-refractivity contribution >= 4 is 35.8 Å². The van der Waals surface area contributed by atoms with Gasteiger partial charge in [0.05, 0.1) is 0 Å². The molecule has 0 fully saturated rings. The molecule has 1 atom stereocenters. The van der Waals surface area contributed by atoms with Crippen molar-refractivity contribution in [3.8, 4) is 0 Å². The molecule has 2 rings (SSSR count). The zero-order chi connectivity index (χ0) is 15.9. The molecule has 0 saturated carbocycles. The molecule has 0 heterocycles. The fourth-order valence-corrected chi connectivity index (χ4v) is 5.72. The lowest BCUT2D eigenvalue weighted by molar-refractivity contribution is 0.796. The molecular weight excluding hydrogens is 398 g/mol. The van der Waals surface area contributed by atoms with Crippen LogP contribution in [-0.2, 0) is 0 Å². The number of benzene rings is 2. The highest BCUT2D eigenvalue weighted by Gasteiger charge is 2.20. The van der Waals surface area contributed by atoms with Crippen molar-refractivity contribution in [3.05, 3.63) is 65.2 Å². The van der Waals surface area contributed by atoms with E-state index in [-0.39, 0.29) is 7.92 Å². The van der Waals surface area contributed by atoms with Gasteiger partial charge in [0, 0.05) is 10.3 Å². The van der Waals surface area contributed by atoms with Gasteiger partial charge in [-0.2, -0.15) is 0 Å². The minimum absolute atomic E-state index is 0.0205. The van der Waals surface area contributed by atoms with Crippen LogP contribution in [0.2, 0.25) is 0 Å². The van der Waals surface area contributed by atoms with E-state index in [9.17, 15) is 0 Å². The van der Waals surface area contributed by atoms with Crippen molar-refractivity contribution in [2.24, 2.45) is 0 Å². The first-order valence-corrected chi connectivity index (χ1v) is 11.4.